The van der Waals surface area contributed by atoms with Gasteiger partial charge >= 0.3 is 0 Å². The van der Waals surface area contributed by atoms with Crippen LogP contribution in [0.1, 0.15) is 32.8 Å². The number of pyridine rings is 1. The first-order valence-corrected chi connectivity index (χ1v) is 7.20. The van der Waals surface area contributed by atoms with Crippen molar-refractivity contribution in [3.05, 3.63) is 24.0 Å². The standard InChI is InChI=1S/C14H21N3S/c1-10-5-11(8-15-7-10)17-13-16-9-12(18-13)6-14(2,3)4/h5,7-8,12H,6,9H2,1-4H3,(H,16,17). The molecule has 0 saturated heterocycles. The van der Waals surface area contributed by atoms with Gasteiger partial charge in [0.2, 0.25) is 0 Å². The number of aliphatic imine (C=N–C) groups is 1. The molecule has 0 saturated carbocycles. The van der Waals surface area contributed by atoms with Crippen molar-refractivity contribution in [1.29, 1.82) is 0 Å². The van der Waals surface area contributed by atoms with E-state index in [2.05, 4.69) is 42.1 Å². The van der Waals surface area contributed by atoms with Crippen LogP contribution in [0.4, 0.5) is 5.69 Å². The Morgan fingerprint density at radius 3 is 2.83 bits per heavy atom. The summed E-state index contributed by atoms with van der Waals surface area (Å²) in [6, 6.07) is 2.09. The second-order valence-corrected chi connectivity index (χ2v) is 7.32. The first kappa shape index (κ1) is 13.4. The van der Waals surface area contributed by atoms with E-state index in [9.17, 15) is 0 Å². The maximum absolute atomic E-state index is 4.57. The van der Waals surface area contributed by atoms with E-state index in [0.717, 1.165) is 23.0 Å². The number of aryl methyl sites for hydroxylation is 1. The van der Waals surface area contributed by atoms with Gasteiger partial charge in [-0.2, -0.15) is 0 Å². The smallest absolute Gasteiger partial charge is 0.161 e. The molecule has 0 aromatic carbocycles. The molecule has 1 unspecified atom stereocenters. The molecule has 0 amide bonds. The predicted octanol–water partition coefficient (Wildman–Crippen LogP) is 3.71. The Labute approximate surface area is 113 Å². The SMILES string of the molecule is Cc1cncc(NC2=NCC(CC(C)(C)C)S2)c1. The van der Waals surface area contributed by atoms with Gasteiger partial charge < -0.3 is 5.32 Å². The van der Waals surface area contributed by atoms with Crippen molar-refractivity contribution in [3.8, 4) is 0 Å². The fraction of sp³-hybridized carbons (Fsp3) is 0.571. The Hall–Kier alpha value is -1.03. The van der Waals surface area contributed by atoms with E-state index >= 15 is 0 Å². The molecule has 1 N–H and O–H groups in total. The molecule has 2 rings (SSSR count). The molecule has 1 aromatic heterocycles. The largest absolute Gasteiger partial charge is 0.334 e. The van der Waals surface area contributed by atoms with Crippen molar-refractivity contribution >= 4 is 22.6 Å². The maximum atomic E-state index is 4.57. The lowest BCUT2D eigenvalue weighted by Crippen LogP contribution is -2.16. The Bertz CT molecular complexity index is 449. The number of anilines is 1. The minimum atomic E-state index is 0.369. The molecular formula is C14H21N3S. The van der Waals surface area contributed by atoms with Crippen LogP contribution in [0.15, 0.2) is 23.5 Å². The normalized spacial score (nSPS) is 19.8. The monoisotopic (exact) mass is 263 g/mol. The molecule has 0 radical (unpaired) electrons. The summed E-state index contributed by atoms with van der Waals surface area (Å²) >= 11 is 1.85. The third kappa shape index (κ3) is 4.02. The van der Waals surface area contributed by atoms with E-state index in [0.29, 0.717) is 10.7 Å². The fourth-order valence-corrected chi connectivity index (χ4v) is 3.40. The van der Waals surface area contributed by atoms with Gasteiger partial charge in [-0.3, -0.25) is 9.98 Å². The van der Waals surface area contributed by atoms with Gasteiger partial charge in [0, 0.05) is 11.4 Å². The second kappa shape index (κ2) is 5.31. The number of thioether (sulfide) groups is 1. The highest BCUT2D eigenvalue weighted by Gasteiger charge is 2.24. The highest BCUT2D eigenvalue weighted by Crippen LogP contribution is 2.32. The Morgan fingerprint density at radius 2 is 2.17 bits per heavy atom. The molecule has 0 fully saturated rings. The topological polar surface area (TPSA) is 37.3 Å². The maximum Gasteiger partial charge on any atom is 0.161 e. The second-order valence-electron chi connectivity index (χ2n) is 6.03. The highest BCUT2D eigenvalue weighted by atomic mass is 32.2. The average Bonchev–Trinajstić information content (AvgIpc) is 2.62. The van der Waals surface area contributed by atoms with E-state index in [-0.39, 0.29) is 0 Å². The quantitative estimate of drug-likeness (QED) is 0.884. The molecule has 1 atom stereocenters. The third-order valence-electron chi connectivity index (χ3n) is 2.68. The molecule has 1 aliphatic heterocycles. The third-order valence-corrected chi connectivity index (χ3v) is 3.79. The summed E-state index contributed by atoms with van der Waals surface area (Å²) in [5.41, 5.74) is 2.56. The van der Waals surface area contributed by atoms with Gasteiger partial charge in [-0.1, -0.05) is 32.5 Å². The molecule has 3 nitrogen and oxygen atoms in total. The zero-order valence-corrected chi connectivity index (χ0v) is 12.3. The van der Waals surface area contributed by atoms with Crippen LogP contribution in [0.2, 0.25) is 0 Å². The Morgan fingerprint density at radius 1 is 1.39 bits per heavy atom. The van der Waals surface area contributed by atoms with Gasteiger partial charge in [-0.05, 0) is 30.4 Å². The zero-order chi connectivity index (χ0) is 13.2. The molecule has 2 heterocycles. The molecule has 18 heavy (non-hydrogen) atoms. The van der Waals surface area contributed by atoms with E-state index in [1.807, 2.05) is 31.1 Å². The van der Waals surface area contributed by atoms with E-state index < -0.39 is 0 Å². The van der Waals surface area contributed by atoms with Gasteiger partial charge in [-0.15, -0.1) is 0 Å². The predicted molar refractivity (Wildman–Crippen MR) is 80.3 cm³/mol. The molecule has 98 valence electrons. The van der Waals surface area contributed by atoms with Crippen LogP contribution < -0.4 is 5.32 Å². The highest BCUT2D eigenvalue weighted by molar-refractivity contribution is 8.15. The van der Waals surface area contributed by atoms with Crippen LogP contribution >= 0.6 is 11.8 Å². The van der Waals surface area contributed by atoms with Crippen LogP contribution in [0.25, 0.3) is 0 Å². The van der Waals surface area contributed by atoms with Crippen molar-refractivity contribution in [2.45, 2.75) is 39.4 Å². The summed E-state index contributed by atoms with van der Waals surface area (Å²) < 4.78 is 0. The summed E-state index contributed by atoms with van der Waals surface area (Å²) in [5.74, 6) is 0. The number of hydrogen-bond donors (Lipinski definition) is 1. The summed E-state index contributed by atoms with van der Waals surface area (Å²) in [7, 11) is 0. The summed E-state index contributed by atoms with van der Waals surface area (Å²) in [5, 5.41) is 4.97. The number of nitrogens with one attached hydrogen (secondary N) is 1. The van der Waals surface area contributed by atoms with Crippen molar-refractivity contribution in [1.82, 2.24) is 4.98 Å². The molecule has 0 bridgehead atoms. The van der Waals surface area contributed by atoms with E-state index in [1.54, 1.807) is 0 Å². The summed E-state index contributed by atoms with van der Waals surface area (Å²) in [4.78, 5) is 8.74. The van der Waals surface area contributed by atoms with Crippen LogP contribution in [-0.4, -0.2) is 21.9 Å². The fourth-order valence-electron chi connectivity index (χ4n) is 2.02. The first-order chi connectivity index (χ1) is 8.42. The van der Waals surface area contributed by atoms with Crippen molar-refractivity contribution in [3.63, 3.8) is 0 Å². The number of aromatic nitrogens is 1. The first-order valence-electron chi connectivity index (χ1n) is 6.32. The molecule has 4 heteroatoms. The molecule has 0 aliphatic carbocycles. The zero-order valence-electron chi connectivity index (χ0n) is 11.5. The minimum absolute atomic E-state index is 0.369. The van der Waals surface area contributed by atoms with Gasteiger partial charge in [0.15, 0.2) is 5.17 Å². The van der Waals surface area contributed by atoms with Gasteiger partial charge in [-0.25, -0.2) is 0 Å². The van der Waals surface area contributed by atoms with Crippen LogP contribution in [0.5, 0.6) is 0 Å². The van der Waals surface area contributed by atoms with Gasteiger partial charge in [0.1, 0.15) is 0 Å². The Kier molecular flexibility index (Phi) is 3.95. The van der Waals surface area contributed by atoms with Crippen LogP contribution in [0, 0.1) is 12.3 Å². The van der Waals surface area contributed by atoms with Crippen LogP contribution in [-0.2, 0) is 0 Å². The number of hydrogen-bond acceptors (Lipinski definition) is 4. The molecular weight excluding hydrogens is 242 g/mol. The average molecular weight is 263 g/mol. The van der Waals surface area contributed by atoms with Crippen LogP contribution in [0.3, 0.4) is 0 Å². The lowest BCUT2D eigenvalue weighted by Gasteiger charge is -2.21. The van der Waals surface area contributed by atoms with E-state index in [4.69, 9.17) is 0 Å². The van der Waals surface area contributed by atoms with Crippen molar-refractivity contribution in [2.75, 3.05) is 11.9 Å². The molecule has 1 aliphatic rings. The van der Waals surface area contributed by atoms with Gasteiger partial charge in [0.25, 0.3) is 0 Å². The Balaban J connectivity index is 1.90. The lowest BCUT2D eigenvalue weighted by atomic mass is 9.90. The molecule has 1 aromatic rings. The van der Waals surface area contributed by atoms with Crippen molar-refractivity contribution in [2.24, 2.45) is 10.4 Å². The molecule has 0 spiro atoms. The lowest BCUT2D eigenvalue weighted by molar-refractivity contribution is 0.375. The summed E-state index contributed by atoms with van der Waals surface area (Å²) in [6.07, 6.45) is 4.89. The number of nitrogens with zero attached hydrogens (tertiary/aromatic N) is 2. The van der Waals surface area contributed by atoms with E-state index in [1.165, 1.54) is 6.42 Å². The summed E-state index contributed by atoms with van der Waals surface area (Å²) in [6.45, 7) is 9.81. The number of rotatable bonds is 2. The minimum Gasteiger partial charge on any atom is -0.334 e. The van der Waals surface area contributed by atoms with Gasteiger partial charge in [0.05, 0.1) is 18.4 Å². The van der Waals surface area contributed by atoms with Crippen molar-refractivity contribution < 1.29 is 0 Å². The number of amidine groups is 1.